The van der Waals surface area contributed by atoms with Crippen molar-refractivity contribution in [2.24, 2.45) is 0 Å². The molecule has 1 aliphatic heterocycles. The van der Waals surface area contributed by atoms with E-state index in [9.17, 15) is 13.2 Å². The summed E-state index contributed by atoms with van der Waals surface area (Å²) in [5, 5.41) is 4.65. The Labute approximate surface area is 189 Å². The van der Waals surface area contributed by atoms with E-state index in [0.29, 0.717) is 17.2 Å². The van der Waals surface area contributed by atoms with Gasteiger partial charge in [-0.25, -0.2) is 17.7 Å². The van der Waals surface area contributed by atoms with Crippen LogP contribution in [0, 0.1) is 0 Å². The fraction of sp³-hybridized carbons (Fsp3) is 0.273. The van der Waals surface area contributed by atoms with Crippen molar-refractivity contribution in [3.8, 4) is 11.5 Å². The Morgan fingerprint density at radius 2 is 1.84 bits per heavy atom. The first-order valence-electron chi connectivity index (χ1n) is 10.2. The average Bonchev–Trinajstić information content (AvgIpc) is 3.54. The number of nitrogens with zero attached hydrogens (tertiary/aromatic N) is 2. The number of amides is 1. The zero-order chi connectivity index (χ0) is 22.2. The topological polar surface area (TPSA) is 97.8 Å². The molecule has 0 unspecified atom stereocenters. The largest absolute Gasteiger partial charge is 0.448 e. The van der Waals surface area contributed by atoms with Crippen LogP contribution in [0.15, 0.2) is 65.0 Å². The molecule has 2 aromatic carbocycles. The first-order valence-corrected chi connectivity index (χ1v) is 12.6. The highest BCUT2D eigenvalue weighted by Gasteiger charge is 2.44. The maximum Gasteiger partial charge on any atom is 0.266 e. The summed E-state index contributed by atoms with van der Waals surface area (Å²) in [5.74, 6) is 0.157. The van der Waals surface area contributed by atoms with Gasteiger partial charge in [-0.3, -0.25) is 4.79 Å². The Balaban J connectivity index is 1.34. The van der Waals surface area contributed by atoms with Crippen LogP contribution in [0.1, 0.15) is 25.7 Å². The molecule has 166 valence electrons. The first kappa shape index (κ1) is 20.8. The van der Waals surface area contributed by atoms with Crippen LogP contribution in [0.3, 0.4) is 0 Å². The van der Waals surface area contributed by atoms with Crippen molar-refractivity contribution in [1.82, 2.24) is 4.98 Å². The Morgan fingerprint density at radius 1 is 1.09 bits per heavy atom. The molecule has 1 aromatic heterocycles. The number of hydrogen-bond acceptors (Lipinski definition) is 7. The molecule has 8 nitrogen and oxygen atoms in total. The van der Waals surface area contributed by atoms with Crippen LogP contribution < -0.4 is 19.1 Å². The number of anilines is 2. The zero-order valence-corrected chi connectivity index (χ0v) is 18.7. The molecule has 2 aliphatic rings. The first-order chi connectivity index (χ1) is 15.5. The molecule has 32 heavy (non-hydrogen) atoms. The number of nitrogens with one attached hydrogen (secondary N) is 1. The second-order valence-electron chi connectivity index (χ2n) is 7.67. The minimum absolute atomic E-state index is 0.0907. The molecular formula is C22H21N3O5S2. The molecule has 0 radical (unpaired) electrons. The number of carbonyl (C=O) groups is 1. The van der Waals surface area contributed by atoms with Gasteiger partial charge in [0, 0.05) is 36.2 Å². The van der Waals surface area contributed by atoms with E-state index in [4.69, 9.17) is 9.47 Å². The minimum atomic E-state index is -3.96. The summed E-state index contributed by atoms with van der Waals surface area (Å²) in [4.78, 5) is 17.0. The van der Waals surface area contributed by atoms with E-state index in [1.807, 2.05) is 0 Å². The van der Waals surface area contributed by atoms with Crippen LogP contribution in [0.4, 0.5) is 10.8 Å². The van der Waals surface area contributed by atoms with Crippen molar-refractivity contribution in [1.29, 1.82) is 0 Å². The number of carbonyl (C=O) groups excluding carboxylic acids is 1. The fourth-order valence-electron chi connectivity index (χ4n) is 3.93. The van der Waals surface area contributed by atoms with E-state index in [0.717, 1.165) is 41.3 Å². The summed E-state index contributed by atoms with van der Waals surface area (Å²) in [6.45, 7) is -0.414. The summed E-state index contributed by atoms with van der Waals surface area (Å²) in [7, 11) is -3.96. The van der Waals surface area contributed by atoms with Crippen molar-refractivity contribution in [3.05, 3.63) is 60.1 Å². The molecule has 1 fully saturated rings. The predicted octanol–water partition coefficient (Wildman–Crippen LogP) is 4.02. The van der Waals surface area contributed by atoms with Gasteiger partial charge in [-0.05, 0) is 37.1 Å². The maximum absolute atomic E-state index is 13.2. The van der Waals surface area contributed by atoms with Gasteiger partial charge in [0.2, 0.25) is 5.91 Å². The van der Waals surface area contributed by atoms with Crippen molar-refractivity contribution >= 4 is 38.1 Å². The number of rotatable bonds is 6. The van der Waals surface area contributed by atoms with Gasteiger partial charge in [-0.1, -0.05) is 18.2 Å². The third-order valence-corrected chi connectivity index (χ3v) is 8.10. The van der Waals surface area contributed by atoms with E-state index in [-0.39, 0.29) is 10.0 Å². The molecule has 1 amide bonds. The Hall–Kier alpha value is -3.11. The highest BCUT2D eigenvalue weighted by atomic mass is 32.2. The van der Waals surface area contributed by atoms with E-state index in [1.54, 1.807) is 41.8 Å². The predicted molar refractivity (Wildman–Crippen MR) is 121 cm³/mol. The molecule has 2 heterocycles. The summed E-state index contributed by atoms with van der Waals surface area (Å²) in [6, 6.07) is 13.2. The molecule has 1 spiro atoms. The van der Waals surface area contributed by atoms with Crippen molar-refractivity contribution in [3.63, 3.8) is 0 Å². The minimum Gasteiger partial charge on any atom is -0.448 e. The van der Waals surface area contributed by atoms with E-state index >= 15 is 0 Å². The summed E-state index contributed by atoms with van der Waals surface area (Å²) in [6.07, 6.45) is 5.29. The molecular weight excluding hydrogens is 450 g/mol. The molecule has 0 atom stereocenters. The van der Waals surface area contributed by atoms with Crippen LogP contribution in [0.25, 0.3) is 0 Å². The van der Waals surface area contributed by atoms with E-state index < -0.39 is 28.3 Å². The number of benzene rings is 2. The van der Waals surface area contributed by atoms with Crippen LogP contribution in [0.2, 0.25) is 0 Å². The molecule has 0 saturated heterocycles. The molecule has 10 heteroatoms. The van der Waals surface area contributed by atoms with Gasteiger partial charge < -0.3 is 14.8 Å². The molecule has 3 aromatic rings. The molecule has 1 saturated carbocycles. The van der Waals surface area contributed by atoms with Gasteiger partial charge in [0.1, 0.15) is 6.54 Å². The Bertz CT molecular complexity index is 1220. The van der Waals surface area contributed by atoms with Crippen molar-refractivity contribution < 1.29 is 22.7 Å². The van der Waals surface area contributed by atoms with Crippen LogP contribution in [0.5, 0.6) is 11.5 Å². The van der Waals surface area contributed by atoms with Crippen molar-refractivity contribution in [2.45, 2.75) is 36.4 Å². The summed E-state index contributed by atoms with van der Waals surface area (Å²) < 4.78 is 39.4. The van der Waals surface area contributed by atoms with Gasteiger partial charge >= 0.3 is 0 Å². The van der Waals surface area contributed by atoms with Gasteiger partial charge in [0.15, 0.2) is 16.6 Å². The number of aromatic nitrogens is 1. The standard InChI is InChI=1S/C22H21N3O5S2/c26-20(24-16-8-9-18-19(14-16)30-22(29-18)10-4-5-11-22)15-25(21-23-12-13-31-21)32(27,28)17-6-2-1-3-7-17/h1-3,6-9,12-14H,4-5,10-11,15H2,(H,24,26). The van der Waals surface area contributed by atoms with Crippen LogP contribution in [-0.4, -0.2) is 31.6 Å². The van der Waals surface area contributed by atoms with Gasteiger partial charge in [0.05, 0.1) is 4.90 Å². The average molecular weight is 472 g/mol. The van der Waals surface area contributed by atoms with Crippen molar-refractivity contribution in [2.75, 3.05) is 16.2 Å². The normalized spacial score (nSPS) is 16.2. The third-order valence-electron chi connectivity index (χ3n) is 5.44. The van der Waals surface area contributed by atoms with Gasteiger partial charge in [-0.15, -0.1) is 11.3 Å². The highest BCUT2D eigenvalue weighted by molar-refractivity contribution is 7.93. The number of thiazole rings is 1. The number of fused-ring (bicyclic) bond motifs is 1. The second kappa shape index (κ2) is 8.10. The Morgan fingerprint density at radius 3 is 2.56 bits per heavy atom. The highest BCUT2D eigenvalue weighted by Crippen LogP contribution is 2.47. The lowest BCUT2D eigenvalue weighted by atomic mass is 10.2. The lowest BCUT2D eigenvalue weighted by Gasteiger charge is -2.21. The zero-order valence-electron chi connectivity index (χ0n) is 17.1. The lowest BCUT2D eigenvalue weighted by molar-refractivity contribution is -0.114. The van der Waals surface area contributed by atoms with E-state index in [1.165, 1.54) is 18.3 Å². The quantitative estimate of drug-likeness (QED) is 0.583. The van der Waals surface area contributed by atoms with E-state index in [2.05, 4.69) is 10.3 Å². The summed E-state index contributed by atoms with van der Waals surface area (Å²) >= 11 is 1.15. The lowest BCUT2D eigenvalue weighted by Crippen LogP contribution is -2.38. The second-order valence-corrected chi connectivity index (χ2v) is 10.4. The monoisotopic (exact) mass is 471 g/mol. The number of hydrogen-bond donors (Lipinski definition) is 1. The van der Waals surface area contributed by atoms with Gasteiger partial charge in [-0.2, -0.15) is 0 Å². The summed E-state index contributed by atoms with van der Waals surface area (Å²) in [5.41, 5.74) is 0.503. The third kappa shape index (κ3) is 3.91. The SMILES string of the molecule is O=C(CN(c1nccs1)S(=O)(=O)c1ccccc1)Nc1ccc2c(c1)OC1(CCCC1)O2. The number of ether oxygens (including phenoxy) is 2. The van der Waals surface area contributed by atoms with Crippen LogP contribution >= 0.6 is 11.3 Å². The molecule has 1 N–H and O–H groups in total. The molecule has 0 bridgehead atoms. The van der Waals surface area contributed by atoms with Crippen LogP contribution in [-0.2, 0) is 14.8 Å². The molecule has 5 rings (SSSR count). The van der Waals surface area contributed by atoms with Gasteiger partial charge in [0.25, 0.3) is 15.8 Å². The Kier molecular flexibility index (Phi) is 5.26. The smallest absolute Gasteiger partial charge is 0.266 e. The maximum atomic E-state index is 13.2. The number of sulfonamides is 1. The molecule has 1 aliphatic carbocycles. The fourth-order valence-corrected chi connectivity index (χ4v) is 6.20.